The fourth-order valence-electron chi connectivity index (χ4n) is 6.69. The molecule has 2 aliphatic heterocycles. The van der Waals surface area contributed by atoms with Gasteiger partial charge in [-0.25, -0.2) is 0 Å². The summed E-state index contributed by atoms with van der Waals surface area (Å²) in [4.78, 5) is 17.3. The molecule has 1 saturated carbocycles. The van der Waals surface area contributed by atoms with Crippen LogP contribution in [0.1, 0.15) is 74.2 Å². The number of hydrogen-bond donors (Lipinski definition) is 1. The number of amides is 1. The van der Waals surface area contributed by atoms with Gasteiger partial charge in [0.2, 0.25) is 5.91 Å². The van der Waals surface area contributed by atoms with Gasteiger partial charge in [-0.15, -0.1) is 0 Å². The number of benzene rings is 2. The Hall–Kier alpha value is -2.54. The van der Waals surface area contributed by atoms with E-state index >= 15 is 0 Å². The smallest absolute Gasteiger partial charge is 0.225 e. The fourth-order valence-corrected chi connectivity index (χ4v) is 6.88. The number of aryl methyl sites for hydroxylation is 1. The number of aliphatic hydroxyl groups excluding tert-OH is 1. The molecule has 41 heavy (non-hydrogen) atoms. The van der Waals surface area contributed by atoms with Crippen LogP contribution < -0.4 is 9.64 Å². The van der Waals surface area contributed by atoms with Crippen molar-refractivity contribution in [2.45, 2.75) is 70.0 Å². The molecule has 3 aliphatic rings. The Morgan fingerprint density at radius 2 is 2.00 bits per heavy atom. The van der Waals surface area contributed by atoms with Gasteiger partial charge in [-0.2, -0.15) is 0 Å². The van der Waals surface area contributed by atoms with Crippen LogP contribution in [0.5, 0.6) is 5.75 Å². The van der Waals surface area contributed by atoms with E-state index in [1.54, 1.807) is 12.0 Å². The first-order chi connectivity index (χ1) is 19.9. The molecule has 2 bridgehead atoms. The highest BCUT2D eigenvalue weighted by Crippen LogP contribution is 2.43. The first kappa shape index (κ1) is 29.9. The Kier molecular flexibility index (Phi) is 9.95. The summed E-state index contributed by atoms with van der Waals surface area (Å²) in [5.41, 5.74) is 4.60. The predicted octanol–water partition coefficient (Wildman–Crippen LogP) is 6.55. The summed E-state index contributed by atoms with van der Waals surface area (Å²) in [5, 5.41) is 11.8. The quantitative estimate of drug-likeness (QED) is 0.416. The molecule has 7 heteroatoms. The second kappa shape index (κ2) is 13.6. The van der Waals surface area contributed by atoms with Crippen LogP contribution in [0.25, 0.3) is 0 Å². The summed E-state index contributed by atoms with van der Waals surface area (Å²) in [6.45, 7) is 5.12. The Balaban J connectivity index is 1.52. The van der Waals surface area contributed by atoms with E-state index in [4.69, 9.17) is 21.1 Å². The summed E-state index contributed by atoms with van der Waals surface area (Å²) in [7, 11) is 3.54. The van der Waals surface area contributed by atoms with Gasteiger partial charge in [0.15, 0.2) is 0 Å². The molecule has 1 aliphatic carbocycles. The normalized spacial score (nSPS) is 28.1. The Bertz CT molecular complexity index is 1230. The van der Waals surface area contributed by atoms with Crippen LogP contribution in [0.2, 0.25) is 5.02 Å². The van der Waals surface area contributed by atoms with Crippen molar-refractivity contribution in [3.63, 3.8) is 0 Å². The van der Waals surface area contributed by atoms with Crippen LogP contribution in [-0.2, 0) is 16.0 Å². The van der Waals surface area contributed by atoms with Crippen molar-refractivity contribution in [3.8, 4) is 5.75 Å². The maximum atomic E-state index is 13.1. The van der Waals surface area contributed by atoms with Crippen molar-refractivity contribution in [2.75, 3.05) is 45.3 Å². The number of rotatable bonds is 4. The summed E-state index contributed by atoms with van der Waals surface area (Å²) >= 11 is 6.41. The van der Waals surface area contributed by atoms with Crippen molar-refractivity contribution in [1.82, 2.24) is 4.90 Å². The number of ether oxygens (including phenoxy) is 2. The lowest BCUT2D eigenvalue weighted by Gasteiger charge is -2.42. The van der Waals surface area contributed by atoms with Gasteiger partial charge in [0.05, 0.1) is 30.9 Å². The standard InChI is InChI=1S/C34H45ClN2O4/c1-4-8-23-17-27(35)12-14-28(23)26-21-37-20-25-10-13-29(25)31(38)9-6-5-7-16-36(2)34(39)19-33(40-3)24-11-15-32(41-22-26)30(37)18-24/h6,9,11-12,14-15,17-18,25-26,29,31,33,38H,4-5,7-8,10,13,16,19-22H2,1-3H3/b9-6+. The van der Waals surface area contributed by atoms with Crippen molar-refractivity contribution in [3.05, 3.63) is 70.3 Å². The van der Waals surface area contributed by atoms with E-state index in [-0.39, 0.29) is 23.8 Å². The van der Waals surface area contributed by atoms with Gasteiger partial charge >= 0.3 is 0 Å². The van der Waals surface area contributed by atoms with Crippen LogP contribution >= 0.6 is 11.6 Å². The Labute approximate surface area is 250 Å². The maximum Gasteiger partial charge on any atom is 0.225 e. The molecule has 2 aromatic carbocycles. The number of aliphatic hydroxyl groups is 1. The molecule has 222 valence electrons. The first-order valence-corrected chi connectivity index (χ1v) is 15.7. The summed E-state index contributed by atoms with van der Waals surface area (Å²) in [6.07, 6.45) is 9.45. The van der Waals surface area contributed by atoms with E-state index in [1.165, 1.54) is 11.1 Å². The highest BCUT2D eigenvalue weighted by molar-refractivity contribution is 6.30. The average Bonchev–Trinajstić information content (AvgIpc) is 3.12. The number of nitrogens with zero attached hydrogens (tertiary/aromatic N) is 2. The highest BCUT2D eigenvalue weighted by Gasteiger charge is 2.38. The molecular weight excluding hydrogens is 536 g/mol. The average molecular weight is 581 g/mol. The lowest BCUT2D eigenvalue weighted by molar-refractivity contribution is -0.132. The molecule has 2 aromatic rings. The number of carbonyl (C=O) groups is 1. The zero-order valence-corrected chi connectivity index (χ0v) is 25.5. The number of methoxy groups -OCH3 is 1. The Morgan fingerprint density at radius 1 is 1.15 bits per heavy atom. The van der Waals surface area contributed by atoms with Crippen LogP contribution in [0.3, 0.4) is 0 Å². The molecule has 0 saturated heterocycles. The number of fused-ring (bicyclic) bond motifs is 2. The third-order valence-electron chi connectivity index (χ3n) is 9.28. The monoisotopic (exact) mass is 580 g/mol. The molecule has 0 aromatic heterocycles. The van der Waals surface area contributed by atoms with Gasteiger partial charge < -0.3 is 24.4 Å². The van der Waals surface area contributed by atoms with Crippen LogP contribution in [0.4, 0.5) is 5.69 Å². The highest BCUT2D eigenvalue weighted by atomic mass is 35.5. The minimum atomic E-state index is -0.445. The second-order valence-electron chi connectivity index (χ2n) is 12.0. The first-order valence-electron chi connectivity index (χ1n) is 15.3. The third kappa shape index (κ3) is 6.93. The van der Waals surface area contributed by atoms with Gasteiger partial charge in [-0.1, -0.05) is 49.2 Å². The number of hydrogen-bond acceptors (Lipinski definition) is 5. The molecule has 0 spiro atoms. The molecule has 1 amide bonds. The zero-order valence-electron chi connectivity index (χ0n) is 24.7. The molecule has 1 fully saturated rings. The van der Waals surface area contributed by atoms with Gasteiger partial charge in [-0.3, -0.25) is 4.79 Å². The number of allylic oxidation sites excluding steroid dienone is 1. The molecule has 5 unspecified atom stereocenters. The number of halogens is 1. The SMILES string of the molecule is CCCc1cc(Cl)ccc1C1COc2ccc3cc2N(C1)CC1CCC1C(O)/C=C/CCCN(C)C(=O)CC3OC. The molecule has 0 radical (unpaired) electrons. The van der Waals surface area contributed by atoms with Gasteiger partial charge in [0, 0.05) is 44.7 Å². The van der Waals surface area contributed by atoms with Gasteiger partial charge in [0.25, 0.3) is 0 Å². The topological polar surface area (TPSA) is 62.2 Å². The van der Waals surface area contributed by atoms with E-state index in [1.807, 2.05) is 31.3 Å². The predicted molar refractivity (Wildman–Crippen MR) is 165 cm³/mol. The van der Waals surface area contributed by atoms with Crippen molar-refractivity contribution >= 4 is 23.2 Å². The third-order valence-corrected chi connectivity index (χ3v) is 9.51. The minimum absolute atomic E-state index is 0.0672. The second-order valence-corrected chi connectivity index (χ2v) is 12.5. The van der Waals surface area contributed by atoms with E-state index in [2.05, 4.69) is 36.1 Å². The fraction of sp³-hybridized carbons (Fsp3) is 0.559. The lowest BCUT2D eigenvalue weighted by Crippen LogP contribution is -2.44. The molecule has 1 N–H and O–H groups in total. The summed E-state index contributed by atoms with van der Waals surface area (Å²) in [5.74, 6) is 1.74. The van der Waals surface area contributed by atoms with E-state index in [9.17, 15) is 9.90 Å². The number of anilines is 1. The van der Waals surface area contributed by atoms with Gasteiger partial charge in [0.1, 0.15) is 5.75 Å². The molecule has 6 nitrogen and oxygen atoms in total. The van der Waals surface area contributed by atoms with E-state index in [0.717, 1.165) is 73.6 Å². The van der Waals surface area contributed by atoms with E-state index < -0.39 is 6.10 Å². The largest absolute Gasteiger partial charge is 0.491 e. The van der Waals surface area contributed by atoms with Crippen LogP contribution in [0.15, 0.2) is 48.6 Å². The molecular formula is C34H45ClN2O4. The van der Waals surface area contributed by atoms with Crippen molar-refractivity contribution < 1.29 is 19.4 Å². The number of carbonyl (C=O) groups excluding carboxylic acids is 1. The minimum Gasteiger partial charge on any atom is -0.491 e. The molecule has 2 heterocycles. The van der Waals surface area contributed by atoms with Crippen LogP contribution in [-0.4, -0.2) is 62.4 Å². The molecule has 5 rings (SSSR count). The van der Waals surface area contributed by atoms with Gasteiger partial charge in [-0.05, 0) is 84.9 Å². The lowest BCUT2D eigenvalue weighted by atomic mass is 9.70. The summed E-state index contributed by atoms with van der Waals surface area (Å²) < 4.78 is 12.4. The van der Waals surface area contributed by atoms with Crippen LogP contribution in [0, 0.1) is 11.8 Å². The zero-order chi connectivity index (χ0) is 28.9. The van der Waals surface area contributed by atoms with Crippen molar-refractivity contribution in [1.29, 1.82) is 0 Å². The van der Waals surface area contributed by atoms with E-state index in [0.29, 0.717) is 25.5 Å². The maximum absolute atomic E-state index is 13.1. The van der Waals surface area contributed by atoms with Crippen molar-refractivity contribution in [2.24, 2.45) is 11.8 Å². The summed E-state index contributed by atoms with van der Waals surface area (Å²) in [6, 6.07) is 12.5. The Morgan fingerprint density at radius 3 is 2.76 bits per heavy atom. The molecule has 5 atom stereocenters.